The lowest BCUT2D eigenvalue weighted by molar-refractivity contribution is -0.163. The van der Waals surface area contributed by atoms with Crippen LogP contribution in [-0.2, 0) is 9.53 Å². The van der Waals surface area contributed by atoms with Gasteiger partial charge in [-0.05, 0) is 20.8 Å². The van der Waals surface area contributed by atoms with Gasteiger partial charge in [-0.25, -0.2) is 4.79 Å². The van der Waals surface area contributed by atoms with Crippen LogP contribution in [0.5, 0.6) is 0 Å². The van der Waals surface area contributed by atoms with Crippen LogP contribution in [0.2, 0.25) is 0 Å². The van der Waals surface area contributed by atoms with Crippen molar-refractivity contribution in [1.29, 1.82) is 0 Å². The summed E-state index contributed by atoms with van der Waals surface area (Å²) in [5, 5.41) is 2.94. The van der Waals surface area contributed by atoms with E-state index < -0.39 is 11.1 Å². The molecule has 0 aromatic rings. The number of nitrogens with two attached hydrogens (primary N) is 1. The molecule has 0 saturated carbocycles. The van der Waals surface area contributed by atoms with Crippen molar-refractivity contribution >= 4 is 5.97 Å². The minimum Gasteiger partial charge on any atom is -0.459 e. The molecule has 1 fully saturated rings. The van der Waals surface area contributed by atoms with Gasteiger partial charge in [0.25, 0.3) is 0 Å². The van der Waals surface area contributed by atoms with Gasteiger partial charge in [-0.2, -0.15) is 0 Å². The van der Waals surface area contributed by atoms with E-state index in [4.69, 9.17) is 10.5 Å². The van der Waals surface area contributed by atoms with Gasteiger partial charge in [0.2, 0.25) is 0 Å². The summed E-state index contributed by atoms with van der Waals surface area (Å²) in [5.74, 6) is -0.311. The van der Waals surface area contributed by atoms with Crippen molar-refractivity contribution in [2.75, 3.05) is 13.1 Å². The third-order valence-corrected chi connectivity index (χ3v) is 1.69. The van der Waals surface area contributed by atoms with E-state index in [9.17, 15) is 4.79 Å². The molecular formula is C8H16N2O2. The van der Waals surface area contributed by atoms with Crippen molar-refractivity contribution in [3.05, 3.63) is 0 Å². The summed E-state index contributed by atoms with van der Waals surface area (Å²) in [6.45, 7) is 6.53. The molecule has 3 N–H and O–H groups in total. The lowest BCUT2D eigenvalue weighted by atomic mass is 9.94. The molecule has 0 unspecified atom stereocenters. The fourth-order valence-corrected chi connectivity index (χ4v) is 0.918. The summed E-state index contributed by atoms with van der Waals surface area (Å²) < 4.78 is 5.14. The Kier molecular flexibility index (Phi) is 2.14. The smallest absolute Gasteiger partial charge is 0.329 e. The van der Waals surface area contributed by atoms with Gasteiger partial charge in [0, 0.05) is 13.1 Å². The Hall–Kier alpha value is -0.610. The van der Waals surface area contributed by atoms with Crippen LogP contribution < -0.4 is 11.1 Å². The topological polar surface area (TPSA) is 64.3 Å². The van der Waals surface area contributed by atoms with Gasteiger partial charge in [0.05, 0.1) is 0 Å². The van der Waals surface area contributed by atoms with E-state index in [1.54, 1.807) is 0 Å². The molecule has 0 bridgehead atoms. The Morgan fingerprint density at radius 2 is 2.00 bits per heavy atom. The van der Waals surface area contributed by atoms with Crippen LogP contribution in [0.3, 0.4) is 0 Å². The van der Waals surface area contributed by atoms with Crippen LogP contribution >= 0.6 is 0 Å². The first-order valence-corrected chi connectivity index (χ1v) is 4.07. The molecule has 0 aromatic heterocycles. The zero-order chi connectivity index (χ0) is 9.41. The Bertz CT molecular complexity index is 192. The highest BCUT2D eigenvalue weighted by Crippen LogP contribution is 2.15. The van der Waals surface area contributed by atoms with Gasteiger partial charge < -0.3 is 15.8 Å². The molecule has 0 atom stereocenters. The first kappa shape index (κ1) is 9.48. The molecule has 70 valence electrons. The van der Waals surface area contributed by atoms with E-state index in [0.29, 0.717) is 13.1 Å². The summed E-state index contributed by atoms with van der Waals surface area (Å²) in [4.78, 5) is 11.4. The maximum absolute atomic E-state index is 11.4. The fraction of sp³-hybridized carbons (Fsp3) is 0.875. The van der Waals surface area contributed by atoms with Crippen LogP contribution in [0.4, 0.5) is 0 Å². The molecule has 1 aliphatic heterocycles. The number of ether oxygens (including phenoxy) is 1. The summed E-state index contributed by atoms with van der Waals surface area (Å²) >= 11 is 0. The molecule has 0 aliphatic carbocycles. The Labute approximate surface area is 72.5 Å². The van der Waals surface area contributed by atoms with Crippen molar-refractivity contribution in [3.8, 4) is 0 Å². The number of carbonyl (C=O) groups is 1. The molecule has 1 heterocycles. The SMILES string of the molecule is CC(C)(C)OC(=O)C1(N)CNC1. The van der Waals surface area contributed by atoms with Gasteiger partial charge >= 0.3 is 5.97 Å². The van der Waals surface area contributed by atoms with Crippen LogP contribution in [0.1, 0.15) is 20.8 Å². The molecule has 0 amide bonds. The van der Waals surface area contributed by atoms with E-state index in [1.165, 1.54) is 0 Å². The minimum atomic E-state index is -0.784. The molecule has 4 nitrogen and oxygen atoms in total. The zero-order valence-electron chi connectivity index (χ0n) is 7.81. The average molecular weight is 172 g/mol. The maximum atomic E-state index is 11.4. The van der Waals surface area contributed by atoms with E-state index >= 15 is 0 Å². The average Bonchev–Trinajstić information content (AvgIpc) is 1.78. The minimum absolute atomic E-state index is 0.311. The van der Waals surface area contributed by atoms with E-state index in [0.717, 1.165) is 0 Å². The molecule has 4 heteroatoms. The normalized spacial score (nSPS) is 21.3. The van der Waals surface area contributed by atoms with Crippen molar-refractivity contribution in [1.82, 2.24) is 5.32 Å². The van der Waals surface area contributed by atoms with E-state index in [-0.39, 0.29) is 5.97 Å². The Balaban J connectivity index is 2.49. The molecule has 0 spiro atoms. The van der Waals surface area contributed by atoms with Gasteiger partial charge in [-0.15, -0.1) is 0 Å². The lowest BCUT2D eigenvalue weighted by Crippen LogP contribution is -2.71. The zero-order valence-corrected chi connectivity index (χ0v) is 7.81. The molecule has 1 saturated heterocycles. The number of esters is 1. The molecular weight excluding hydrogens is 156 g/mol. The Morgan fingerprint density at radius 3 is 2.25 bits per heavy atom. The predicted molar refractivity (Wildman–Crippen MR) is 45.6 cm³/mol. The van der Waals surface area contributed by atoms with E-state index in [1.807, 2.05) is 20.8 Å². The van der Waals surface area contributed by atoms with Gasteiger partial charge in [0.15, 0.2) is 0 Å². The fourth-order valence-electron chi connectivity index (χ4n) is 0.918. The van der Waals surface area contributed by atoms with Crippen molar-refractivity contribution in [3.63, 3.8) is 0 Å². The summed E-state index contributed by atoms with van der Waals surface area (Å²) in [6.07, 6.45) is 0. The molecule has 1 aliphatic rings. The van der Waals surface area contributed by atoms with Crippen molar-refractivity contribution in [2.45, 2.75) is 31.9 Å². The van der Waals surface area contributed by atoms with Gasteiger partial charge in [-0.3, -0.25) is 0 Å². The number of hydrogen-bond acceptors (Lipinski definition) is 4. The molecule has 1 rings (SSSR count). The second kappa shape index (κ2) is 2.71. The highest BCUT2D eigenvalue weighted by molar-refractivity contribution is 5.82. The van der Waals surface area contributed by atoms with Crippen LogP contribution in [-0.4, -0.2) is 30.2 Å². The second-order valence-corrected chi connectivity index (χ2v) is 4.26. The first-order valence-electron chi connectivity index (χ1n) is 4.07. The van der Waals surface area contributed by atoms with E-state index in [2.05, 4.69) is 5.32 Å². The first-order chi connectivity index (χ1) is 5.33. The number of carbonyl (C=O) groups excluding carboxylic acids is 1. The molecule has 12 heavy (non-hydrogen) atoms. The standard InChI is InChI=1S/C8H16N2O2/c1-7(2,3)12-6(11)8(9)4-10-5-8/h10H,4-5,9H2,1-3H3. The van der Waals surface area contributed by atoms with Crippen molar-refractivity contribution in [2.24, 2.45) is 5.73 Å². The third kappa shape index (κ3) is 1.95. The summed E-state index contributed by atoms with van der Waals surface area (Å²) in [5.41, 5.74) is 4.49. The lowest BCUT2D eigenvalue weighted by Gasteiger charge is -2.38. The number of rotatable bonds is 1. The van der Waals surface area contributed by atoms with Crippen LogP contribution in [0.15, 0.2) is 0 Å². The summed E-state index contributed by atoms with van der Waals surface area (Å²) in [7, 11) is 0. The third-order valence-electron chi connectivity index (χ3n) is 1.69. The van der Waals surface area contributed by atoms with Crippen LogP contribution in [0, 0.1) is 0 Å². The monoisotopic (exact) mass is 172 g/mol. The highest BCUT2D eigenvalue weighted by atomic mass is 16.6. The molecule has 0 aromatic carbocycles. The number of hydrogen-bond donors (Lipinski definition) is 2. The molecule has 0 radical (unpaired) electrons. The van der Waals surface area contributed by atoms with Gasteiger partial charge in [0.1, 0.15) is 11.1 Å². The maximum Gasteiger partial charge on any atom is 0.329 e. The second-order valence-electron chi connectivity index (χ2n) is 4.26. The van der Waals surface area contributed by atoms with Gasteiger partial charge in [-0.1, -0.05) is 0 Å². The Morgan fingerprint density at radius 1 is 1.50 bits per heavy atom. The van der Waals surface area contributed by atoms with Crippen LogP contribution in [0.25, 0.3) is 0 Å². The summed E-state index contributed by atoms with van der Waals surface area (Å²) in [6, 6.07) is 0. The largest absolute Gasteiger partial charge is 0.459 e. The quantitative estimate of drug-likeness (QED) is 0.530. The number of nitrogens with one attached hydrogen (secondary N) is 1. The highest BCUT2D eigenvalue weighted by Gasteiger charge is 2.43. The van der Waals surface area contributed by atoms with Crippen molar-refractivity contribution < 1.29 is 9.53 Å². The predicted octanol–water partition coefficient (Wildman–Crippen LogP) is -0.371.